The number of hydrogen-bond donors (Lipinski definition) is 2. The van der Waals surface area contributed by atoms with Crippen molar-refractivity contribution in [2.45, 2.75) is 32.2 Å². The Bertz CT molecular complexity index is 965. The van der Waals surface area contributed by atoms with Gasteiger partial charge in [-0.15, -0.1) is 11.3 Å². The van der Waals surface area contributed by atoms with Gasteiger partial charge in [0.25, 0.3) is 0 Å². The van der Waals surface area contributed by atoms with Crippen LogP contribution in [0.3, 0.4) is 0 Å². The number of anilines is 2. The van der Waals surface area contributed by atoms with Gasteiger partial charge in [-0.2, -0.15) is 0 Å². The molecule has 1 atom stereocenters. The van der Waals surface area contributed by atoms with Crippen molar-refractivity contribution in [3.63, 3.8) is 0 Å². The SMILES string of the molecule is Cc1cnc(Nc2ccc(OCCC3CCCN3)cc2)nc1-c1ccc(C=O)s1. The van der Waals surface area contributed by atoms with Crippen molar-refractivity contribution in [2.24, 2.45) is 0 Å². The van der Waals surface area contributed by atoms with Crippen molar-refractivity contribution in [3.05, 3.63) is 53.0 Å². The molecule has 1 aromatic carbocycles. The van der Waals surface area contributed by atoms with Crippen LogP contribution in [0.4, 0.5) is 11.6 Å². The van der Waals surface area contributed by atoms with Gasteiger partial charge in [0.2, 0.25) is 5.95 Å². The van der Waals surface area contributed by atoms with E-state index in [1.807, 2.05) is 43.3 Å². The fourth-order valence-corrected chi connectivity index (χ4v) is 4.26. The summed E-state index contributed by atoms with van der Waals surface area (Å²) in [5.41, 5.74) is 2.70. The molecule has 7 heteroatoms. The van der Waals surface area contributed by atoms with Gasteiger partial charge >= 0.3 is 0 Å². The Morgan fingerprint density at radius 2 is 2.14 bits per heavy atom. The zero-order valence-corrected chi connectivity index (χ0v) is 17.2. The standard InChI is InChI=1S/C22H24N4O2S/c1-15-13-24-22(26-21(15)20-9-8-19(14-27)29-20)25-17-4-6-18(7-5-17)28-12-10-16-3-2-11-23-16/h4-9,13-14,16,23H,2-3,10-12H2,1H3,(H,24,25,26). The Hall–Kier alpha value is -2.77. The van der Waals surface area contributed by atoms with Crippen LogP contribution in [-0.2, 0) is 0 Å². The molecule has 1 aliphatic rings. The molecular weight excluding hydrogens is 384 g/mol. The molecule has 1 unspecified atom stereocenters. The van der Waals surface area contributed by atoms with Crippen molar-refractivity contribution in [1.29, 1.82) is 0 Å². The third kappa shape index (κ3) is 4.99. The molecule has 3 aromatic rings. The van der Waals surface area contributed by atoms with E-state index >= 15 is 0 Å². The van der Waals surface area contributed by atoms with E-state index in [1.165, 1.54) is 24.2 Å². The fourth-order valence-electron chi connectivity index (χ4n) is 3.38. The summed E-state index contributed by atoms with van der Waals surface area (Å²) in [6.07, 6.45) is 6.19. The summed E-state index contributed by atoms with van der Waals surface area (Å²) in [6, 6.07) is 12.1. The van der Waals surface area contributed by atoms with Gasteiger partial charge in [0.1, 0.15) is 5.75 Å². The van der Waals surface area contributed by atoms with Crippen molar-refractivity contribution in [1.82, 2.24) is 15.3 Å². The first-order chi connectivity index (χ1) is 14.2. The normalized spacial score (nSPS) is 16.0. The number of nitrogens with one attached hydrogen (secondary N) is 2. The second-order valence-electron chi connectivity index (χ2n) is 7.12. The van der Waals surface area contributed by atoms with E-state index in [9.17, 15) is 4.79 Å². The minimum Gasteiger partial charge on any atom is -0.494 e. The number of ether oxygens (including phenoxy) is 1. The number of aromatic nitrogens is 2. The first-order valence-corrected chi connectivity index (χ1v) is 10.7. The number of rotatable bonds is 8. The maximum Gasteiger partial charge on any atom is 0.227 e. The molecular formula is C22H24N4O2S. The molecule has 3 heterocycles. The van der Waals surface area contributed by atoms with Crippen LogP contribution in [0, 0.1) is 6.92 Å². The predicted molar refractivity (Wildman–Crippen MR) is 116 cm³/mol. The van der Waals surface area contributed by atoms with Gasteiger partial charge in [0.15, 0.2) is 6.29 Å². The van der Waals surface area contributed by atoms with E-state index in [4.69, 9.17) is 4.74 Å². The summed E-state index contributed by atoms with van der Waals surface area (Å²) < 4.78 is 5.85. The Balaban J connectivity index is 1.38. The number of benzene rings is 1. The summed E-state index contributed by atoms with van der Waals surface area (Å²) in [5, 5.41) is 6.72. The maximum absolute atomic E-state index is 11.0. The quantitative estimate of drug-likeness (QED) is 0.531. The van der Waals surface area contributed by atoms with Crippen molar-refractivity contribution in [2.75, 3.05) is 18.5 Å². The number of aryl methyl sites for hydroxylation is 1. The Labute approximate surface area is 174 Å². The monoisotopic (exact) mass is 408 g/mol. The van der Waals surface area contributed by atoms with Gasteiger partial charge in [-0.25, -0.2) is 9.97 Å². The van der Waals surface area contributed by atoms with Crippen LogP contribution in [0.5, 0.6) is 5.75 Å². The molecule has 6 nitrogen and oxygen atoms in total. The van der Waals surface area contributed by atoms with Crippen LogP contribution >= 0.6 is 11.3 Å². The summed E-state index contributed by atoms with van der Waals surface area (Å²) in [7, 11) is 0. The summed E-state index contributed by atoms with van der Waals surface area (Å²) in [5.74, 6) is 1.38. The molecule has 0 saturated carbocycles. The highest BCUT2D eigenvalue weighted by atomic mass is 32.1. The molecule has 0 amide bonds. The number of thiophene rings is 1. The van der Waals surface area contributed by atoms with E-state index in [0.29, 0.717) is 16.9 Å². The molecule has 0 radical (unpaired) electrons. The van der Waals surface area contributed by atoms with Gasteiger partial charge in [-0.3, -0.25) is 4.79 Å². The first kappa shape index (κ1) is 19.5. The minimum atomic E-state index is 0.521. The van der Waals surface area contributed by atoms with E-state index in [2.05, 4.69) is 20.6 Å². The molecule has 1 saturated heterocycles. The van der Waals surface area contributed by atoms with Crippen LogP contribution < -0.4 is 15.4 Å². The Morgan fingerprint density at radius 3 is 2.86 bits per heavy atom. The molecule has 1 aliphatic heterocycles. The maximum atomic E-state index is 11.0. The highest BCUT2D eigenvalue weighted by Crippen LogP contribution is 2.29. The number of hydrogen-bond acceptors (Lipinski definition) is 7. The van der Waals surface area contributed by atoms with Gasteiger partial charge < -0.3 is 15.4 Å². The number of carbonyl (C=O) groups excluding carboxylic acids is 1. The highest BCUT2D eigenvalue weighted by molar-refractivity contribution is 7.17. The van der Waals surface area contributed by atoms with Crippen LogP contribution in [0.1, 0.15) is 34.5 Å². The summed E-state index contributed by atoms with van der Waals surface area (Å²) >= 11 is 1.43. The molecule has 29 heavy (non-hydrogen) atoms. The van der Waals surface area contributed by atoms with Crippen LogP contribution in [0.25, 0.3) is 10.6 Å². The number of nitrogens with zero attached hydrogens (tertiary/aromatic N) is 2. The predicted octanol–water partition coefficient (Wildman–Crippen LogP) is 4.59. The lowest BCUT2D eigenvalue weighted by atomic mass is 10.2. The van der Waals surface area contributed by atoms with Crippen molar-refractivity contribution < 1.29 is 9.53 Å². The summed E-state index contributed by atoms with van der Waals surface area (Å²) in [4.78, 5) is 21.6. The van der Waals surface area contributed by atoms with Gasteiger partial charge in [-0.05, 0) is 74.7 Å². The zero-order chi connectivity index (χ0) is 20.1. The zero-order valence-electron chi connectivity index (χ0n) is 16.4. The molecule has 4 rings (SSSR count). The molecule has 2 aromatic heterocycles. The molecule has 0 bridgehead atoms. The molecule has 150 valence electrons. The average Bonchev–Trinajstić information content (AvgIpc) is 3.43. The van der Waals surface area contributed by atoms with Gasteiger partial charge in [0.05, 0.1) is 22.1 Å². The Morgan fingerprint density at radius 1 is 1.28 bits per heavy atom. The topological polar surface area (TPSA) is 76.1 Å². The van der Waals surface area contributed by atoms with Gasteiger partial charge in [0, 0.05) is 17.9 Å². The number of aldehydes is 1. The van der Waals surface area contributed by atoms with E-state index in [0.717, 1.165) is 53.4 Å². The molecule has 1 fully saturated rings. The van der Waals surface area contributed by atoms with E-state index < -0.39 is 0 Å². The third-order valence-electron chi connectivity index (χ3n) is 4.96. The fraction of sp³-hybridized carbons (Fsp3) is 0.318. The summed E-state index contributed by atoms with van der Waals surface area (Å²) in [6.45, 7) is 3.81. The lowest BCUT2D eigenvalue weighted by molar-refractivity contribution is 0.112. The average molecular weight is 409 g/mol. The van der Waals surface area contributed by atoms with Crippen LogP contribution in [-0.4, -0.2) is 35.4 Å². The van der Waals surface area contributed by atoms with Crippen LogP contribution in [0.2, 0.25) is 0 Å². The minimum absolute atomic E-state index is 0.521. The molecule has 2 N–H and O–H groups in total. The first-order valence-electron chi connectivity index (χ1n) is 9.83. The lowest BCUT2D eigenvalue weighted by Crippen LogP contribution is -2.23. The molecule has 0 spiro atoms. The van der Waals surface area contributed by atoms with Crippen molar-refractivity contribution in [3.8, 4) is 16.3 Å². The van der Waals surface area contributed by atoms with Gasteiger partial charge in [-0.1, -0.05) is 0 Å². The Kier molecular flexibility index (Phi) is 6.17. The molecule has 0 aliphatic carbocycles. The second kappa shape index (κ2) is 9.15. The van der Waals surface area contributed by atoms with E-state index in [1.54, 1.807) is 6.20 Å². The smallest absolute Gasteiger partial charge is 0.227 e. The lowest BCUT2D eigenvalue weighted by Gasteiger charge is -2.12. The third-order valence-corrected chi connectivity index (χ3v) is 5.97. The largest absolute Gasteiger partial charge is 0.494 e. The van der Waals surface area contributed by atoms with Crippen molar-refractivity contribution >= 4 is 29.3 Å². The van der Waals surface area contributed by atoms with Crippen LogP contribution in [0.15, 0.2) is 42.6 Å². The number of carbonyl (C=O) groups is 1. The highest BCUT2D eigenvalue weighted by Gasteiger charge is 2.13. The second-order valence-corrected chi connectivity index (χ2v) is 8.24. The van der Waals surface area contributed by atoms with E-state index in [-0.39, 0.29) is 0 Å².